The zero-order chi connectivity index (χ0) is 19.3. The third-order valence-electron chi connectivity index (χ3n) is 2.99. The van der Waals surface area contributed by atoms with Crippen LogP contribution in [0.25, 0.3) is 0 Å². The number of nitrogens with one attached hydrogen (secondary N) is 1. The van der Waals surface area contributed by atoms with Crippen LogP contribution in [-0.4, -0.2) is 36.0 Å². The molecule has 25 heavy (non-hydrogen) atoms. The average molecular weight is 348 g/mol. The molecule has 0 fully saturated rings. The SMILES string of the molecule is C=N[C@H](C(=O)OC(C)(C)C)[C@H](NC(=O)OC(C)(C)C)c1ccccc1. The molecule has 0 radical (unpaired) electrons. The summed E-state index contributed by atoms with van der Waals surface area (Å²) in [5.74, 6) is -0.563. The molecule has 1 amide bonds. The summed E-state index contributed by atoms with van der Waals surface area (Å²) in [6, 6.07) is 7.33. The molecule has 0 spiro atoms. The second-order valence-electron chi connectivity index (χ2n) is 7.70. The monoisotopic (exact) mass is 348 g/mol. The molecule has 0 aliphatic heterocycles. The molecule has 2 atom stereocenters. The van der Waals surface area contributed by atoms with Crippen LogP contribution in [0.5, 0.6) is 0 Å². The molecule has 138 valence electrons. The number of alkyl carbamates (subject to hydrolysis) is 1. The number of esters is 1. The fourth-order valence-corrected chi connectivity index (χ4v) is 2.12. The van der Waals surface area contributed by atoms with Gasteiger partial charge in [0.15, 0.2) is 6.04 Å². The molecule has 0 saturated heterocycles. The van der Waals surface area contributed by atoms with Gasteiger partial charge in [0.2, 0.25) is 0 Å². The number of rotatable bonds is 5. The van der Waals surface area contributed by atoms with Gasteiger partial charge in [-0.1, -0.05) is 30.3 Å². The summed E-state index contributed by atoms with van der Waals surface area (Å²) >= 11 is 0. The van der Waals surface area contributed by atoms with Gasteiger partial charge in [0.25, 0.3) is 0 Å². The van der Waals surface area contributed by atoms with E-state index in [0.29, 0.717) is 5.56 Å². The van der Waals surface area contributed by atoms with Crippen molar-refractivity contribution in [2.45, 2.75) is 64.8 Å². The number of aliphatic imine (C=N–C) groups is 1. The Kier molecular flexibility index (Phi) is 6.73. The molecule has 1 rings (SSSR count). The molecule has 0 saturated carbocycles. The molecule has 0 heterocycles. The van der Waals surface area contributed by atoms with Gasteiger partial charge in [-0.2, -0.15) is 0 Å². The third-order valence-corrected chi connectivity index (χ3v) is 2.99. The zero-order valence-corrected chi connectivity index (χ0v) is 15.8. The maximum absolute atomic E-state index is 12.5. The smallest absolute Gasteiger partial charge is 0.408 e. The minimum Gasteiger partial charge on any atom is -0.458 e. The first kappa shape index (κ1) is 20.7. The van der Waals surface area contributed by atoms with E-state index in [1.807, 2.05) is 18.2 Å². The van der Waals surface area contributed by atoms with Gasteiger partial charge in [-0.3, -0.25) is 4.99 Å². The van der Waals surface area contributed by atoms with Gasteiger partial charge in [-0.25, -0.2) is 9.59 Å². The maximum atomic E-state index is 12.5. The van der Waals surface area contributed by atoms with E-state index in [1.54, 1.807) is 53.7 Å². The van der Waals surface area contributed by atoms with Crippen molar-refractivity contribution in [1.29, 1.82) is 0 Å². The molecular formula is C19H28N2O4. The second-order valence-corrected chi connectivity index (χ2v) is 7.70. The van der Waals surface area contributed by atoms with Gasteiger partial charge in [0.05, 0.1) is 6.04 Å². The number of hydrogen-bond donors (Lipinski definition) is 1. The summed E-state index contributed by atoms with van der Waals surface area (Å²) in [4.78, 5) is 28.6. The summed E-state index contributed by atoms with van der Waals surface area (Å²) in [6.07, 6.45) is -0.640. The van der Waals surface area contributed by atoms with Crippen LogP contribution in [0.4, 0.5) is 4.79 Å². The van der Waals surface area contributed by atoms with Gasteiger partial charge < -0.3 is 14.8 Å². The van der Waals surface area contributed by atoms with Crippen LogP contribution in [0, 0.1) is 0 Å². The fourth-order valence-electron chi connectivity index (χ4n) is 2.12. The van der Waals surface area contributed by atoms with Crippen molar-refractivity contribution < 1.29 is 19.1 Å². The van der Waals surface area contributed by atoms with Crippen molar-refractivity contribution in [3.63, 3.8) is 0 Å². The van der Waals surface area contributed by atoms with Crippen LogP contribution in [-0.2, 0) is 14.3 Å². The van der Waals surface area contributed by atoms with Crippen LogP contribution < -0.4 is 5.32 Å². The number of nitrogens with zero attached hydrogens (tertiary/aromatic N) is 1. The molecule has 1 aromatic carbocycles. The fraction of sp³-hybridized carbons (Fsp3) is 0.526. The zero-order valence-electron chi connectivity index (χ0n) is 15.8. The van der Waals surface area contributed by atoms with Gasteiger partial charge in [-0.15, -0.1) is 0 Å². The van der Waals surface area contributed by atoms with Crippen molar-refractivity contribution in [3.05, 3.63) is 35.9 Å². The Morgan fingerprint density at radius 2 is 1.52 bits per heavy atom. The molecular weight excluding hydrogens is 320 g/mol. The quantitative estimate of drug-likeness (QED) is 0.651. The van der Waals surface area contributed by atoms with Crippen LogP contribution in [0.1, 0.15) is 53.1 Å². The molecule has 1 N–H and O–H groups in total. The van der Waals surface area contributed by atoms with E-state index in [1.165, 1.54) is 0 Å². The minimum absolute atomic E-state index is 0.563. The van der Waals surface area contributed by atoms with Crippen LogP contribution in [0.3, 0.4) is 0 Å². The highest BCUT2D eigenvalue weighted by Crippen LogP contribution is 2.23. The summed E-state index contributed by atoms with van der Waals surface area (Å²) in [5.41, 5.74) is -0.627. The molecule has 6 nitrogen and oxygen atoms in total. The summed E-state index contributed by atoms with van der Waals surface area (Å²) < 4.78 is 10.7. The number of ether oxygens (including phenoxy) is 2. The number of hydrogen-bond acceptors (Lipinski definition) is 5. The van der Waals surface area contributed by atoms with Crippen molar-refractivity contribution in [3.8, 4) is 0 Å². The number of carbonyl (C=O) groups is 2. The Labute approximate surface area is 149 Å². The Morgan fingerprint density at radius 1 is 1.00 bits per heavy atom. The second kappa shape index (κ2) is 8.14. The van der Waals surface area contributed by atoms with Crippen molar-refractivity contribution in [2.24, 2.45) is 4.99 Å². The van der Waals surface area contributed by atoms with E-state index >= 15 is 0 Å². The molecule has 6 heteroatoms. The van der Waals surface area contributed by atoms with E-state index in [-0.39, 0.29) is 0 Å². The predicted octanol–water partition coefficient (Wildman–Crippen LogP) is 3.66. The van der Waals surface area contributed by atoms with Crippen LogP contribution >= 0.6 is 0 Å². The molecule has 0 aromatic heterocycles. The Hall–Kier alpha value is -2.37. The highest BCUT2D eigenvalue weighted by atomic mass is 16.6. The Bertz CT molecular complexity index is 600. The van der Waals surface area contributed by atoms with Crippen LogP contribution in [0.15, 0.2) is 35.3 Å². The summed E-state index contributed by atoms with van der Waals surface area (Å²) in [6.45, 7) is 14.1. The van der Waals surface area contributed by atoms with Crippen molar-refractivity contribution >= 4 is 18.8 Å². The lowest BCUT2D eigenvalue weighted by molar-refractivity contribution is -0.157. The number of amides is 1. The number of carbonyl (C=O) groups excluding carboxylic acids is 2. The molecule has 1 aromatic rings. The molecule has 0 aliphatic rings. The van der Waals surface area contributed by atoms with E-state index in [4.69, 9.17) is 9.47 Å². The standard InChI is InChI=1S/C19H28N2O4/c1-18(2,3)24-16(22)15(20-7)14(13-11-9-8-10-12-13)21-17(23)25-19(4,5)6/h8-12,14-15H,7H2,1-6H3,(H,21,23)/t14-,15+/m1/s1. The van der Waals surface area contributed by atoms with Crippen LogP contribution in [0.2, 0.25) is 0 Å². The van der Waals surface area contributed by atoms with Crippen molar-refractivity contribution in [1.82, 2.24) is 5.32 Å². The normalized spacial score (nSPS) is 14.2. The summed E-state index contributed by atoms with van der Waals surface area (Å²) in [5, 5.41) is 2.71. The third kappa shape index (κ3) is 7.37. The first-order chi connectivity index (χ1) is 11.4. The van der Waals surface area contributed by atoms with Gasteiger partial charge in [0.1, 0.15) is 11.2 Å². The lowest BCUT2D eigenvalue weighted by Crippen LogP contribution is -2.43. The highest BCUT2D eigenvalue weighted by Gasteiger charge is 2.34. The molecule has 0 unspecified atom stereocenters. The predicted molar refractivity (Wildman–Crippen MR) is 97.7 cm³/mol. The average Bonchev–Trinajstić information content (AvgIpc) is 2.44. The van der Waals surface area contributed by atoms with Gasteiger partial charge in [-0.05, 0) is 53.8 Å². The minimum atomic E-state index is -0.992. The first-order valence-corrected chi connectivity index (χ1v) is 8.16. The largest absolute Gasteiger partial charge is 0.458 e. The van der Waals surface area contributed by atoms with Crippen molar-refractivity contribution in [2.75, 3.05) is 0 Å². The first-order valence-electron chi connectivity index (χ1n) is 8.16. The molecule has 0 aliphatic carbocycles. The van der Waals surface area contributed by atoms with E-state index in [2.05, 4.69) is 17.0 Å². The highest BCUT2D eigenvalue weighted by molar-refractivity contribution is 5.80. The van der Waals surface area contributed by atoms with Gasteiger partial charge in [0, 0.05) is 0 Å². The topological polar surface area (TPSA) is 77.0 Å². The summed E-state index contributed by atoms with van der Waals surface area (Å²) in [7, 11) is 0. The van der Waals surface area contributed by atoms with E-state index < -0.39 is 35.3 Å². The van der Waals surface area contributed by atoms with E-state index in [9.17, 15) is 9.59 Å². The lowest BCUT2D eigenvalue weighted by atomic mass is 9.99. The number of benzene rings is 1. The molecule has 0 bridgehead atoms. The van der Waals surface area contributed by atoms with E-state index in [0.717, 1.165) is 0 Å². The maximum Gasteiger partial charge on any atom is 0.408 e. The lowest BCUT2D eigenvalue weighted by Gasteiger charge is -2.28. The Balaban J connectivity index is 3.10. The Morgan fingerprint density at radius 3 is 1.96 bits per heavy atom. The van der Waals surface area contributed by atoms with Gasteiger partial charge >= 0.3 is 12.1 Å².